The largest absolute Gasteiger partial charge is 0.103 e. The van der Waals surface area contributed by atoms with Gasteiger partial charge in [-0.2, -0.15) is 0 Å². The van der Waals surface area contributed by atoms with Crippen LogP contribution in [0.2, 0.25) is 0 Å². The van der Waals surface area contributed by atoms with E-state index in [0.717, 1.165) is 53.8 Å². The van der Waals surface area contributed by atoms with Crippen LogP contribution >= 0.6 is 0 Å². The van der Waals surface area contributed by atoms with Crippen LogP contribution in [-0.2, 0) is 0 Å². The lowest BCUT2D eigenvalue weighted by Gasteiger charge is -2.43. The summed E-state index contributed by atoms with van der Waals surface area (Å²) in [5.41, 5.74) is 0. The molecule has 0 nitrogen and oxygen atoms in total. The van der Waals surface area contributed by atoms with Crippen LogP contribution in [0.15, 0.2) is 0 Å². The van der Waals surface area contributed by atoms with Crippen molar-refractivity contribution in [3.63, 3.8) is 0 Å². The highest BCUT2D eigenvalue weighted by molar-refractivity contribution is 5.09. The van der Waals surface area contributed by atoms with Crippen LogP contribution in [-0.4, -0.2) is 0 Å². The zero-order chi connectivity index (χ0) is 25.8. The molecule has 7 atom stereocenters. The van der Waals surface area contributed by atoms with Crippen LogP contribution in [0, 0.1) is 65.1 Å². The van der Waals surface area contributed by atoms with Crippen molar-refractivity contribution >= 4 is 0 Å². The van der Waals surface area contributed by atoms with Gasteiger partial charge < -0.3 is 0 Å². The lowest BCUT2D eigenvalue weighted by molar-refractivity contribution is 0.0631. The zero-order valence-corrected chi connectivity index (χ0v) is 25.3. The van der Waals surface area contributed by atoms with Crippen molar-refractivity contribution in [2.45, 2.75) is 163 Å². The molecule has 3 rings (SSSR count). The van der Waals surface area contributed by atoms with Gasteiger partial charge in [-0.3, -0.25) is 0 Å². The molecule has 7 unspecified atom stereocenters. The summed E-state index contributed by atoms with van der Waals surface area (Å²) >= 11 is 0. The zero-order valence-electron chi connectivity index (χ0n) is 25.3. The van der Waals surface area contributed by atoms with Gasteiger partial charge in [-0.15, -0.1) is 5.92 Å². The monoisotopic (exact) mass is 497 g/mol. The lowest BCUT2D eigenvalue weighted by atomic mass is 9.61. The molecule has 0 heterocycles. The second-order valence-corrected chi connectivity index (χ2v) is 13.7. The van der Waals surface area contributed by atoms with E-state index in [9.17, 15) is 0 Å². The van der Waals surface area contributed by atoms with E-state index < -0.39 is 0 Å². The van der Waals surface area contributed by atoms with Crippen molar-refractivity contribution in [3.05, 3.63) is 0 Å². The molecule has 0 aliphatic heterocycles. The third kappa shape index (κ3) is 9.09. The van der Waals surface area contributed by atoms with Crippen LogP contribution in [0.1, 0.15) is 163 Å². The molecule has 0 aromatic heterocycles. The molecule has 0 heteroatoms. The molecule has 208 valence electrons. The summed E-state index contributed by atoms with van der Waals surface area (Å²) in [5.74, 6) is 16.1. The molecule has 3 saturated carbocycles. The third-order valence-electron chi connectivity index (χ3n) is 11.0. The second-order valence-electron chi connectivity index (χ2n) is 13.7. The number of rotatable bonds is 17. The van der Waals surface area contributed by atoms with Crippen LogP contribution < -0.4 is 0 Å². The van der Waals surface area contributed by atoms with Crippen molar-refractivity contribution in [1.82, 2.24) is 0 Å². The molecule has 0 amide bonds. The summed E-state index contributed by atoms with van der Waals surface area (Å²) in [6, 6.07) is 0. The first kappa shape index (κ1) is 30.1. The number of hydrogen-bond acceptors (Lipinski definition) is 0. The van der Waals surface area contributed by atoms with Crippen molar-refractivity contribution < 1.29 is 0 Å². The Balaban J connectivity index is 1.87. The Morgan fingerprint density at radius 3 is 1.94 bits per heavy atom. The second kappa shape index (κ2) is 16.5. The first-order chi connectivity index (χ1) is 17.6. The van der Waals surface area contributed by atoms with Crippen molar-refractivity contribution in [3.8, 4) is 11.8 Å². The van der Waals surface area contributed by atoms with Crippen LogP contribution in [0.3, 0.4) is 0 Å². The van der Waals surface area contributed by atoms with E-state index in [-0.39, 0.29) is 0 Å². The average Bonchev–Trinajstić information content (AvgIpc) is 3.29. The van der Waals surface area contributed by atoms with Gasteiger partial charge in [0, 0.05) is 12.3 Å². The normalized spacial score (nSPS) is 26.8. The predicted octanol–water partition coefficient (Wildman–Crippen LogP) is 11.5. The van der Waals surface area contributed by atoms with E-state index in [0.29, 0.717) is 5.92 Å². The molecule has 3 fully saturated rings. The highest BCUT2D eigenvalue weighted by Gasteiger charge is 2.44. The minimum Gasteiger partial charge on any atom is -0.103 e. The number of unbranched alkanes of at least 4 members (excludes halogenated alkanes) is 5. The van der Waals surface area contributed by atoms with E-state index in [1.807, 2.05) is 0 Å². The Morgan fingerprint density at radius 1 is 0.750 bits per heavy atom. The summed E-state index contributed by atoms with van der Waals surface area (Å²) in [6.07, 6.45) is 28.5. The summed E-state index contributed by atoms with van der Waals surface area (Å²) in [7, 11) is 0. The molecule has 0 aromatic carbocycles. The quantitative estimate of drug-likeness (QED) is 0.139. The highest BCUT2D eigenvalue weighted by Crippen LogP contribution is 2.52. The van der Waals surface area contributed by atoms with Crippen molar-refractivity contribution in [1.29, 1.82) is 0 Å². The maximum Gasteiger partial charge on any atom is 0.0261 e. The van der Waals surface area contributed by atoms with Gasteiger partial charge in [0.25, 0.3) is 0 Å². The Morgan fingerprint density at radius 2 is 1.36 bits per heavy atom. The maximum absolute atomic E-state index is 4.06. The summed E-state index contributed by atoms with van der Waals surface area (Å²) < 4.78 is 0. The lowest BCUT2D eigenvalue weighted by Crippen LogP contribution is -2.37. The van der Waals surface area contributed by atoms with Gasteiger partial charge in [-0.25, -0.2) is 0 Å². The molecule has 0 spiro atoms. The van der Waals surface area contributed by atoms with Crippen molar-refractivity contribution in [2.24, 2.45) is 53.3 Å². The fraction of sp³-hybridized carbons (Fsp3) is 0.944. The Labute approximate surface area is 227 Å². The van der Waals surface area contributed by atoms with Gasteiger partial charge in [-0.05, 0) is 85.9 Å². The van der Waals surface area contributed by atoms with Crippen molar-refractivity contribution in [2.75, 3.05) is 0 Å². The fourth-order valence-electron chi connectivity index (χ4n) is 8.77. The van der Waals surface area contributed by atoms with Crippen LogP contribution in [0.25, 0.3) is 0 Å². The van der Waals surface area contributed by atoms with Gasteiger partial charge >= 0.3 is 0 Å². The molecule has 3 aliphatic carbocycles. The molecule has 0 radical (unpaired) electrons. The topological polar surface area (TPSA) is 0 Å². The SMILES string of the molecule is CCCCCC#CC(C1CCCC1)C(CCCCC)C(C)C(C1CCCC1)C(CCC)CC1CC1C. The minimum absolute atomic E-state index is 0.673. The summed E-state index contributed by atoms with van der Waals surface area (Å²) in [6.45, 7) is 12.4. The summed E-state index contributed by atoms with van der Waals surface area (Å²) in [4.78, 5) is 0. The molecule has 3 aliphatic rings. The smallest absolute Gasteiger partial charge is 0.0261 e. The Bertz CT molecular complexity index is 624. The van der Waals surface area contributed by atoms with Gasteiger partial charge in [0.15, 0.2) is 0 Å². The molecular formula is C36H64. The fourth-order valence-corrected chi connectivity index (χ4v) is 8.77. The van der Waals surface area contributed by atoms with E-state index >= 15 is 0 Å². The molecular weight excluding hydrogens is 432 g/mol. The highest BCUT2D eigenvalue weighted by atomic mass is 14.5. The Hall–Kier alpha value is -0.440. The molecule has 0 bridgehead atoms. The predicted molar refractivity (Wildman–Crippen MR) is 160 cm³/mol. The van der Waals surface area contributed by atoms with E-state index in [4.69, 9.17) is 0 Å². The van der Waals surface area contributed by atoms with Gasteiger partial charge in [0.1, 0.15) is 0 Å². The van der Waals surface area contributed by atoms with Gasteiger partial charge in [-0.1, -0.05) is 124 Å². The minimum atomic E-state index is 0.673. The van der Waals surface area contributed by atoms with E-state index in [1.165, 1.54) is 116 Å². The Kier molecular flexibility index (Phi) is 13.8. The molecule has 36 heavy (non-hydrogen) atoms. The van der Waals surface area contributed by atoms with Crippen LogP contribution in [0.4, 0.5) is 0 Å². The van der Waals surface area contributed by atoms with Gasteiger partial charge in [0.2, 0.25) is 0 Å². The average molecular weight is 497 g/mol. The summed E-state index contributed by atoms with van der Waals surface area (Å²) in [5, 5.41) is 0. The maximum atomic E-state index is 4.06. The standard InChI is InChI=1S/C36H64/c1-6-9-11-12-14-25-35(30-20-15-16-21-30)34(24-13-10-7-2)29(5)36(31-22-17-18-23-31)32(19-8-3)27-33-26-28(33)4/h28-36H,6-13,15-24,26-27H2,1-5H3. The third-order valence-corrected chi connectivity index (χ3v) is 11.0. The first-order valence-corrected chi connectivity index (χ1v) is 17.1. The van der Waals surface area contributed by atoms with Crippen LogP contribution in [0.5, 0.6) is 0 Å². The molecule has 0 saturated heterocycles. The molecule has 0 aromatic rings. The van der Waals surface area contributed by atoms with E-state index in [2.05, 4.69) is 46.5 Å². The molecule has 0 N–H and O–H groups in total. The number of hydrogen-bond donors (Lipinski definition) is 0. The van der Waals surface area contributed by atoms with Gasteiger partial charge in [0.05, 0.1) is 0 Å². The first-order valence-electron chi connectivity index (χ1n) is 17.1. The van der Waals surface area contributed by atoms with E-state index in [1.54, 1.807) is 6.42 Å².